The highest BCUT2D eigenvalue weighted by Crippen LogP contribution is 2.39. The van der Waals surface area contributed by atoms with E-state index in [0.717, 1.165) is 0 Å². The molecule has 1 saturated heterocycles. The molecule has 2 aromatic rings. The van der Waals surface area contributed by atoms with E-state index in [4.69, 9.17) is 17.6 Å². The highest BCUT2D eigenvalue weighted by atomic mass is 32.1. The summed E-state index contributed by atoms with van der Waals surface area (Å²) >= 11 is 5.16. The predicted octanol–water partition coefficient (Wildman–Crippen LogP) is 1.84. The Morgan fingerprint density at radius 1 is 1.20 bits per heavy atom. The molecule has 2 N–H and O–H groups in total. The SMILES string of the molecule is N=C=C1C(=S)NC(=O)[C@H]([n+]2ccccc2)[C@H]1c1ccccc1[N+](=O)[O-]. The maximum absolute atomic E-state index is 12.6. The van der Waals surface area contributed by atoms with Crippen molar-refractivity contribution in [2.45, 2.75) is 12.0 Å². The molecular formula is C17H13N4O3S+. The number of nitrogens with one attached hydrogen (secondary N) is 2. The molecule has 124 valence electrons. The van der Waals surface area contributed by atoms with Crippen LogP contribution in [0, 0.1) is 15.5 Å². The fraction of sp³-hybridized carbons (Fsp3) is 0.118. The summed E-state index contributed by atoms with van der Waals surface area (Å²) in [7, 11) is 0. The number of rotatable bonds is 3. The molecule has 0 saturated carbocycles. The van der Waals surface area contributed by atoms with Crippen molar-refractivity contribution in [2.75, 3.05) is 0 Å². The minimum absolute atomic E-state index is 0.0657. The number of pyridine rings is 1. The van der Waals surface area contributed by atoms with Gasteiger partial charge in [-0.05, 0) is 5.87 Å². The second-order valence-corrected chi connectivity index (χ2v) is 5.83. The van der Waals surface area contributed by atoms with Gasteiger partial charge >= 0.3 is 0 Å². The fourth-order valence-corrected chi connectivity index (χ4v) is 3.26. The third kappa shape index (κ3) is 2.96. The van der Waals surface area contributed by atoms with Crippen LogP contribution in [0.2, 0.25) is 0 Å². The summed E-state index contributed by atoms with van der Waals surface area (Å²) in [6.45, 7) is 0. The molecule has 1 fully saturated rings. The Kier molecular flexibility index (Phi) is 4.47. The zero-order valence-electron chi connectivity index (χ0n) is 12.9. The van der Waals surface area contributed by atoms with Crippen molar-refractivity contribution in [3.8, 4) is 0 Å². The lowest BCUT2D eigenvalue weighted by molar-refractivity contribution is -0.711. The van der Waals surface area contributed by atoms with Gasteiger partial charge in [0.2, 0.25) is 6.04 Å². The Balaban J connectivity index is 2.26. The van der Waals surface area contributed by atoms with E-state index in [-0.39, 0.29) is 22.2 Å². The van der Waals surface area contributed by atoms with Gasteiger partial charge < -0.3 is 5.32 Å². The molecule has 0 aliphatic carbocycles. The molecule has 8 heteroatoms. The summed E-state index contributed by atoms with van der Waals surface area (Å²) in [6.07, 6.45) is 3.39. The van der Waals surface area contributed by atoms with Gasteiger partial charge in [-0.15, -0.1) is 0 Å². The monoisotopic (exact) mass is 353 g/mol. The first-order valence-electron chi connectivity index (χ1n) is 7.38. The number of para-hydroxylation sites is 1. The van der Waals surface area contributed by atoms with Gasteiger partial charge in [-0.3, -0.25) is 20.3 Å². The number of hydrogen-bond acceptors (Lipinski definition) is 5. The molecule has 1 aliphatic rings. The van der Waals surface area contributed by atoms with Crippen molar-refractivity contribution in [1.29, 1.82) is 5.41 Å². The van der Waals surface area contributed by atoms with Crippen LogP contribution in [0.5, 0.6) is 0 Å². The van der Waals surface area contributed by atoms with Crippen LogP contribution in [0.3, 0.4) is 0 Å². The average Bonchev–Trinajstić information content (AvgIpc) is 2.61. The lowest BCUT2D eigenvalue weighted by Crippen LogP contribution is -2.56. The number of piperidine rings is 1. The number of nitrogens with zero attached hydrogens (tertiary/aromatic N) is 2. The topological polar surface area (TPSA) is 100.0 Å². The zero-order chi connectivity index (χ0) is 18.0. The number of nitro benzene ring substituents is 1. The molecule has 1 aromatic heterocycles. The maximum Gasteiger partial charge on any atom is 0.295 e. The normalized spacial score (nSPS) is 19.9. The van der Waals surface area contributed by atoms with E-state index in [2.05, 4.69) is 11.2 Å². The number of carbonyl (C=O) groups is 1. The van der Waals surface area contributed by atoms with E-state index in [9.17, 15) is 14.9 Å². The van der Waals surface area contributed by atoms with Crippen molar-refractivity contribution in [3.63, 3.8) is 0 Å². The molecule has 25 heavy (non-hydrogen) atoms. The van der Waals surface area contributed by atoms with E-state index in [1.165, 1.54) is 6.07 Å². The van der Waals surface area contributed by atoms with Crippen LogP contribution in [0.1, 0.15) is 17.5 Å². The van der Waals surface area contributed by atoms with Crippen LogP contribution < -0.4 is 9.88 Å². The van der Waals surface area contributed by atoms with E-state index in [1.807, 2.05) is 0 Å². The van der Waals surface area contributed by atoms with Gasteiger partial charge in [0.05, 0.1) is 16.4 Å². The third-order valence-electron chi connectivity index (χ3n) is 4.04. The van der Waals surface area contributed by atoms with Crippen molar-refractivity contribution >= 4 is 34.7 Å². The zero-order valence-corrected chi connectivity index (χ0v) is 13.7. The molecule has 7 nitrogen and oxygen atoms in total. The number of hydrogen-bond donors (Lipinski definition) is 2. The number of carbonyl (C=O) groups excluding carboxylic acids is 1. The number of amides is 1. The summed E-state index contributed by atoms with van der Waals surface area (Å²) in [5.41, 5.74) is 0.435. The molecule has 2 heterocycles. The van der Waals surface area contributed by atoms with Crippen LogP contribution in [0.4, 0.5) is 5.69 Å². The highest BCUT2D eigenvalue weighted by Gasteiger charge is 2.47. The lowest BCUT2D eigenvalue weighted by Gasteiger charge is -2.28. The highest BCUT2D eigenvalue weighted by molar-refractivity contribution is 7.80. The Morgan fingerprint density at radius 3 is 2.52 bits per heavy atom. The van der Waals surface area contributed by atoms with Gasteiger partial charge in [0.25, 0.3) is 11.6 Å². The van der Waals surface area contributed by atoms with Crippen molar-refractivity contribution < 1.29 is 14.3 Å². The molecule has 1 aromatic carbocycles. The van der Waals surface area contributed by atoms with E-state index >= 15 is 0 Å². The quantitative estimate of drug-likeness (QED) is 0.220. The summed E-state index contributed by atoms with van der Waals surface area (Å²) in [5.74, 6) is 1.09. The summed E-state index contributed by atoms with van der Waals surface area (Å²) in [6, 6.07) is 10.7. The number of thiocarbonyl (C=S) groups is 1. The van der Waals surface area contributed by atoms with Crippen molar-refractivity contribution in [1.82, 2.24) is 5.32 Å². The minimum atomic E-state index is -0.818. The average molecular weight is 353 g/mol. The molecule has 0 unspecified atom stereocenters. The molecule has 0 spiro atoms. The summed E-state index contributed by atoms with van der Waals surface area (Å²) < 4.78 is 1.65. The van der Waals surface area contributed by atoms with Gasteiger partial charge in [0.15, 0.2) is 12.4 Å². The minimum Gasteiger partial charge on any atom is -0.310 e. The first-order valence-corrected chi connectivity index (χ1v) is 7.79. The molecule has 1 aliphatic heterocycles. The molecule has 0 radical (unpaired) electrons. The second-order valence-electron chi connectivity index (χ2n) is 5.42. The number of nitro groups is 1. The van der Waals surface area contributed by atoms with E-state index in [1.54, 1.807) is 53.4 Å². The Labute approximate surface area is 148 Å². The summed E-state index contributed by atoms with van der Waals surface area (Å²) in [5, 5.41) is 21.6. The fourth-order valence-electron chi connectivity index (χ4n) is 2.99. The molecule has 1 amide bonds. The smallest absolute Gasteiger partial charge is 0.295 e. The Morgan fingerprint density at radius 2 is 1.88 bits per heavy atom. The van der Waals surface area contributed by atoms with Gasteiger partial charge in [-0.1, -0.05) is 36.5 Å². The van der Waals surface area contributed by atoms with Crippen molar-refractivity contribution in [2.24, 2.45) is 0 Å². The second kappa shape index (κ2) is 6.72. The van der Waals surface area contributed by atoms with Gasteiger partial charge in [-0.2, -0.15) is 4.57 Å². The van der Waals surface area contributed by atoms with E-state index < -0.39 is 16.9 Å². The van der Waals surface area contributed by atoms with Crippen LogP contribution in [0.15, 0.2) is 60.4 Å². The largest absolute Gasteiger partial charge is 0.310 e. The third-order valence-corrected chi connectivity index (χ3v) is 4.36. The van der Waals surface area contributed by atoms with Crippen LogP contribution in [-0.4, -0.2) is 21.7 Å². The van der Waals surface area contributed by atoms with Crippen molar-refractivity contribution in [3.05, 3.63) is 76.1 Å². The van der Waals surface area contributed by atoms with Crippen LogP contribution in [0.25, 0.3) is 0 Å². The Hall–Kier alpha value is -3.22. The first-order chi connectivity index (χ1) is 12.0. The number of benzene rings is 1. The lowest BCUT2D eigenvalue weighted by atomic mass is 9.81. The van der Waals surface area contributed by atoms with Crippen LogP contribution in [-0.2, 0) is 4.79 Å². The number of aromatic nitrogens is 1. The Bertz CT molecular complexity index is 923. The standard InChI is InChI=1S/C17H12N4O3S/c18-10-12-14(11-6-2-3-7-13(11)21(23)24)15(16(22)19-17(12)25)20-8-4-1-5-9-20/h1-9,14-15,18H/p+1/t14-,15+/m0/s1. The summed E-state index contributed by atoms with van der Waals surface area (Å²) in [4.78, 5) is 23.7. The van der Waals surface area contributed by atoms with Gasteiger partial charge in [0.1, 0.15) is 4.99 Å². The maximum atomic E-state index is 12.6. The molecular weight excluding hydrogens is 340 g/mol. The first kappa shape index (κ1) is 16.6. The predicted molar refractivity (Wildman–Crippen MR) is 93.5 cm³/mol. The van der Waals surface area contributed by atoms with E-state index in [0.29, 0.717) is 5.56 Å². The molecule has 3 rings (SSSR count). The molecule has 2 atom stereocenters. The van der Waals surface area contributed by atoms with Gasteiger partial charge in [0, 0.05) is 23.8 Å². The van der Waals surface area contributed by atoms with Gasteiger partial charge in [-0.25, -0.2) is 0 Å². The molecule has 0 bridgehead atoms. The van der Waals surface area contributed by atoms with Crippen LogP contribution >= 0.6 is 12.2 Å².